The minimum atomic E-state index is -3.48. The second-order valence-electron chi connectivity index (χ2n) is 16.6. The summed E-state index contributed by atoms with van der Waals surface area (Å²) in [6.07, 6.45) is 18.1. The van der Waals surface area contributed by atoms with Gasteiger partial charge in [-0.1, -0.05) is 59.8 Å². The first-order chi connectivity index (χ1) is 24.2. The molecule has 1 heterocycles. The highest BCUT2D eigenvalue weighted by molar-refractivity contribution is 7.88. The molecule has 4 amide bonds. The number of rotatable bonds is 16. The molecule has 4 N–H and O–H groups in total. The number of fused-ring (bicyclic) bond motifs is 1. The van der Waals surface area contributed by atoms with Crippen molar-refractivity contribution < 1.29 is 32.4 Å². The molecule has 6 atom stereocenters. The molecule has 1 saturated heterocycles. The maximum atomic E-state index is 14.8. The summed E-state index contributed by atoms with van der Waals surface area (Å²) in [4.78, 5) is 69.8. The number of carbonyl (C=O) groups excluding carboxylic acids is 5. The lowest BCUT2D eigenvalue weighted by molar-refractivity contribution is -0.144. The van der Waals surface area contributed by atoms with Crippen LogP contribution in [0.3, 0.4) is 0 Å². The molecule has 1 unspecified atom stereocenters. The average Bonchev–Trinajstić information content (AvgIpc) is 3.61. The van der Waals surface area contributed by atoms with Crippen molar-refractivity contribution in [3.8, 4) is 24.7 Å². The third kappa shape index (κ3) is 11.0. The maximum Gasteiger partial charge on any atom is 0.290 e. The molecule has 1 aliphatic heterocycles. The summed E-state index contributed by atoms with van der Waals surface area (Å²) in [5, 5.41) is 11.4. The lowest BCUT2D eigenvalue weighted by Crippen LogP contribution is -2.59. The van der Waals surface area contributed by atoms with E-state index in [2.05, 4.69) is 47.0 Å². The minimum absolute atomic E-state index is 0.0284. The molecule has 3 fully saturated rings. The van der Waals surface area contributed by atoms with Crippen LogP contribution in [0.2, 0.25) is 0 Å². The molecule has 0 aromatic carbocycles. The van der Waals surface area contributed by atoms with Crippen LogP contribution in [0.15, 0.2) is 0 Å². The molecule has 3 rings (SSSR count). The zero-order chi connectivity index (χ0) is 39.0. The highest BCUT2D eigenvalue weighted by Gasteiger charge is 2.57. The van der Waals surface area contributed by atoms with Crippen molar-refractivity contribution in [3.05, 3.63) is 0 Å². The molecule has 2 saturated carbocycles. The van der Waals surface area contributed by atoms with E-state index in [4.69, 9.17) is 12.8 Å². The van der Waals surface area contributed by atoms with E-state index in [9.17, 15) is 32.4 Å². The van der Waals surface area contributed by atoms with Gasteiger partial charge in [0.05, 0.1) is 31.4 Å². The molecule has 0 radical (unpaired) electrons. The van der Waals surface area contributed by atoms with E-state index in [1.807, 2.05) is 20.8 Å². The Kier molecular flexibility index (Phi) is 14.9. The first-order valence-corrected chi connectivity index (χ1v) is 20.3. The molecule has 0 aromatic rings. The third-order valence-corrected chi connectivity index (χ3v) is 12.7. The van der Waals surface area contributed by atoms with Gasteiger partial charge in [0, 0.05) is 32.6 Å². The summed E-state index contributed by atoms with van der Waals surface area (Å²) in [7, 11) is -2.01. The van der Waals surface area contributed by atoms with Gasteiger partial charge in [0.2, 0.25) is 33.5 Å². The van der Waals surface area contributed by atoms with Crippen LogP contribution in [0, 0.1) is 53.3 Å². The van der Waals surface area contributed by atoms with Crippen molar-refractivity contribution in [1.29, 1.82) is 0 Å². The third-order valence-electron chi connectivity index (χ3n) is 11.4. The summed E-state index contributed by atoms with van der Waals surface area (Å²) < 4.78 is 25.5. The molecule has 0 bridgehead atoms. The fourth-order valence-corrected chi connectivity index (χ4v) is 8.41. The van der Waals surface area contributed by atoms with Gasteiger partial charge in [-0.2, -0.15) is 0 Å². The molecular formula is C38H60N6O7S. The number of sulfonamides is 1. The SMILES string of the molecule is C#CCCC(NC(=O)[C@@H]1[C@H]2CCC(C)(C)[C@H]2CN1C(=O)[C@@H](NCC(=O)N[C@H](CN(C)S(C)(=O)=O)C(C)(C)C)C1CCCCC1)C(=O)C(=O)NCC#C. The number of hydrogen-bond acceptors (Lipinski definition) is 8. The fraction of sp³-hybridized carbons (Fsp3) is 0.763. The van der Waals surface area contributed by atoms with Crippen LogP contribution in [0.4, 0.5) is 0 Å². The standard InChI is InChI=1S/C38H60N6O7S/c1-10-12-18-28(33(46)35(48)39-21-11-2)41-34(47)32-26-19-20-38(6,7)27(26)23-44(32)36(49)31(25-16-14-13-15-17-25)40-22-30(45)42-29(37(3,4)5)24-43(8)52(9,50)51/h1-2,25-29,31-32,40H,12-24H2,3-9H3,(H,39,48)(H,41,47)(H,42,45)/t26-,27-,28?,29+,31-,32-/m0/s1. The number of likely N-dealkylation sites (tertiary alicyclic amines) is 1. The van der Waals surface area contributed by atoms with Crippen LogP contribution in [-0.4, -0.2) is 111 Å². The highest BCUT2D eigenvalue weighted by Crippen LogP contribution is 2.53. The van der Waals surface area contributed by atoms with E-state index >= 15 is 0 Å². The van der Waals surface area contributed by atoms with Crippen molar-refractivity contribution >= 4 is 39.4 Å². The summed E-state index contributed by atoms with van der Waals surface area (Å²) in [6.45, 7) is 10.1. The monoisotopic (exact) mass is 744 g/mol. The lowest BCUT2D eigenvalue weighted by atomic mass is 9.79. The maximum absolute atomic E-state index is 14.8. The first-order valence-electron chi connectivity index (χ1n) is 18.5. The van der Waals surface area contributed by atoms with Crippen LogP contribution < -0.4 is 21.3 Å². The number of amides is 4. The predicted octanol–water partition coefficient (Wildman–Crippen LogP) is 1.43. The number of likely N-dealkylation sites (N-methyl/N-ethyl adjacent to an activating group) is 1. The Morgan fingerprint density at radius 1 is 1.00 bits per heavy atom. The van der Waals surface area contributed by atoms with Crippen LogP contribution >= 0.6 is 0 Å². The summed E-state index contributed by atoms with van der Waals surface area (Å²) in [6, 6.07) is -3.33. The van der Waals surface area contributed by atoms with Crippen LogP contribution in [0.1, 0.15) is 92.4 Å². The largest absolute Gasteiger partial charge is 0.350 e. The van der Waals surface area contributed by atoms with Crippen LogP contribution in [0.5, 0.6) is 0 Å². The number of ketones is 1. The fourth-order valence-electron chi connectivity index (χ4n) is 7.99. The van der Waals surface area contributed by atoms with Crippen LogP contribution in [0.25, 0.3) is 0 Å². The van der Waals surface area contributed by atoms with Crippen molar-refractivity contribution in [2.24, 2.45) is 28.6 Å². The van der Waals surface area contributed by atoms with E-state index < -0.39 is 57.2 Å². The second kappa shape index (κ2) is 18.0. The van der Waals surface area contributed by atoms with Gasteiger partial charge in [0.1, 0.15) is 6.04 Å². The topological polar surface area (TPSA) is 174 Å². The molecule has 52 heavy (non-hydrogen) atoms. The number of hydrogen-bond donors (Lipinski definition) is 4. The van der Waals surface area contributed by atoms with E-state index in [1.54, 1.807) is 4.90 Å². The summed E-state index contributed by atoms with van der Waals surface area (Å²) in [5.41, 5.74) is -0.601. The molecule has 14 heteroatoms. The zero-order valence-electron chi connectivity index (χ0n) is 32.0. The van der Waals surface area contributed by atoms with E-state index in [0.29, 0.717) is 13.0 Å². The first kappa shape index (κ1) is 42.9. The number of Topliss-reactive ketones (excluding diaryl/α,β-unsaturated/α-hetero) is 1. The molecule has 0 spiro atoms. The Hall–Kier alpha value is -3.46. The Bertz CT molecular complexity index is 1520. The number of carbonyl (C=O) groups is 5. The Morgan fingerprint density at radius 3 is 2.23 bits per heavy atom. The minimum Gasteiger partial charge on any atom is -0.350 e. The van der Waals surface area contributed by atoms with Crippen molar-refractivity contribution in [1.82, 2.24) is 30.5 Å². The highest BCUT2D eigenvalue weighted by atomic mass is 32.2. The second-order valence-corrected chi connectivity index (χ2v) is 18.7. The predicted molar refractivity (Wildman–Crippen MR) is 200 cm³/mol. The van der Waals surface area contributed by atoms with Gasteiger partial charge in [-0.15, -0.1) is 18.8 Å². The number of terminal acetylenes is 2. The molecule has 13 nitrogen and oxygen atoms in total. The summed E-state index contributed by atoms with van der Waals surface area (Å²) in [5.74, 6) is 1.58. The lowest BCUT2D eigenvalue weighted by Gasteiger charge is -2.37. The Balaban J connectivity index is 1.89. The van der Waals surface area contributed by atoms with Gasteiger partial charge in [-0.3, -0.25) is 29.3 Å². The van der Waals surface area contributed by atoms with E-state index in [0.717, 1.165) is 44.8 Å². The quantitative estimate of drug-likeness (QED) is 0.136. The van der Waals surface area contributed by atoms with Gasteiger partial charge in [0.15, 0.2) is 0 Å². The van der Waals surface area contributed by atoms with Gasteiger partial charge in [-0.05, 0) is 60.7 Å². The molecule has 2 aliphatic carbocycles. The van der Waals surface area contributed by atoms with Gasteiger partial charge in [0.25, 0.3) is 5.91 Å². The van der Waals surface area contributed by atoms with Crippen molar-refractivity contribution in [2.75, 3.05) is 39.5 Å². The van der Waals surface area contributed by atoms with Gasteiger partial charge >= 0.3 is 0 Å². The van der Waals surface area contributed by atoms with Gasteiger partial charge < -0.3 is 20.9 Å². The Morgan fingerprint density at radius 2 is 1.65 bits per heavy atom. The number of nitrogens with zero attached hydrogens (tertiary/aromatic N) is 2. The zero-order valence-corrected chi connectivity index (χ0v) is 32.9. The molecule has 290 valence electrons. The molecular weight excluding hydrogens is 685 g/mol. The van der Waals surface area contributed by atoms with Gasteiger partial charge in [-0.25, -0.2) is 12.7 Å². The normalized spacial score (nSPS) is 23.4. The van der Waals surface area contributed by atoms with E-state index in [-0.39, 0.29) is 67.5 Å². The van der Waals surface area contributed by atoms with E-state index in [1.165, 1.54) is 11.4 Å². The average molecular weight is 745 g/mol. The Labute approximate surface area is 311 Å². The molecule has 3 aliphatic rings. The van der Waals surface area contributed by atoms with Crippen molar-refractivity contribution in [3.63, 3.8) is 0 Å². The number of nitrogens with one attached hydrogen (secondary N) is 4. The van der Waals surface area contributed by atoms with Crippen molar-refractivity contribution in [2.45, 2.75) is 117 Å². The van der Waals surface area contributed by atoms with Crippen LogP contribution in [-0.2, 0) is 34.0 Å². The molecule has 0 aromatic heterocycles. The smallest absolute Gasteiger partial charge is 0.290 e. The summed E-state index contributed by atoms with van der Waals surface area (Å²) >= 11 is 0.